The molecule has 0 spiro atoms. The SMILES string of the molecule is CCNC(=O)[C@@H](CC)N(Cc1cccc(C)c1)C(=O)CCN1C(=O)[C@H]2CC=CC[C@H]2C1=O. The Morgan fingerprint density at radius 2 is 1.78 bits per heavy atom. The molecule has 1 aromatic carbocycles. The summed E-state index contributed by atoms with van der Waals surface area (Å²) in [4.78, 5) is 54.3. The first kappa shape index (κ1) is 23.7. The summed E-state index contributed by atoms with van der Waals surface area (Å²) in [6, 6.07) is 7.23. The van der Waals surface area contributed by atoms with Gasteiger partial charge in [-0.3, -0.25) is 24.1 Å². The van der Waals surface area contributed by atoms with Crippen molar-refractivity contribution in [3.8, 4) is 0 Å². The van der Waals surface area contributed by atoms with Crippen molar-refractivity contribution in [1.82, 2.24) is 15.1 Å². The molecule has 0 unspecified atom stereocenters. The van der Waals surface area contributed by atoms with Gasteiger partial charge in [-0.1, -0.05) is 48.9 Å². The van der Waals surface area contributed by atoms with Crippen LogP contribution in [-0.2, 0) is 25.7 Å². The van der Waals surface area contributed by atoms with Crippen LogP contribution in [-0.4, -0.2) is 52.6 Å². The van der Waals surface area contributed by atoms with Gasteiger partial charge in [0.05, 0.1) is 11.8 Å². The van der Waals surface area contributed by atoms with Crippen molar-refractivity contribution in [1.29, 1.82) is 0 Å². The van der Waals surface area contributed by atoms with Gasteiger partial charge in [0.25, 0.3) is 0 Å². The van der Waals surface area contributed by atoms with Gasteiger partial charge in [0.15, 0.2) is 0 Å². The highest BCUT2D eigenvalue weighted by molar-refractivity contribution is 6.05. The molecule has 2 aliphatic rings. The number of likely N-dealkylation sites (tertiary alicyclic amines) is 1. The maximum atomic E-state index is 13.3. The van der Waals surface area contributed by atoms with E-state index >= 15 is 0 Å². The molecule has 32 heavy (non-hydrogen) atoms. The third kappa shape index (κ3) is 5.09. The maximum absolute atomic E-state index is 13.3. The Hall–Kier alpha value is -2.96. The van der Waals surface area contributed by atoms with Crippen molar-refractivity contribution < 1.29 is 19.2 Å². The van der Waals surface area contributed by atoms with Crippen LogP contribution in [0.3, 0.4) is 0 Å². The summed E-state index contributed by atoms with van der Waals surface area (Å²) in [5.74, 6) is -1.40. The molecule has 1 aliphatic heterocycles. The number of hydrogen-bond acceptors (Lipinski definition) is 4. The zero-order valence-electron chi connectivity index (χ0n) is 19.2. The number of likely N-dealkylation sites (N-methyl/N-ethyl adjacent to an activating group) is 1. The molecule has 1 fully saturated rings. The minimum Gasteiger partial charge on any atom is -0.355 e. The van der Waals surface area contributed by atoms with E-state index in [9.17, 15) is 19.2 Å². The van der Waals surface area contributed by atoms with Crippen molar-refractivity contribution in [3.63, 3.8) is 0 Å². The lowest BCUT2D eigenvalue weighted by molar-refractivity contribution is -0.144. The summed E-state index contributed by atoms with van der Waals surface area (Å²) in [7, 11) is 0. The van der Waals surface area contributed by atoms with E-state index < -0.39 is 6.04 Å². The molecule has 0 saturated carbocycles. The van der Waals surface area contributed by atoms with Crippen LogP contribution >= 0.6 is 0 Å². The Morgan fingerprint density at radius 3 is 2.34 bits per heavy atom. The van der Waals surface area contributed by atoms with Gasteiger partial charge in [0.1, 0.15) is 6.04 Å². The highest BCUT2D eigenvalue weighted by Crippen LogP contribution is 2.35. The number of fused-ring (bicyclic) bond motifs is 1. The number of allylic oxidation sites excluding steroid dienone is 2. The number of rotatable bonds is 9. The van der Waals surface area contributed by atoms with Crippen molar-refractivity contribution in [2.45, 2.75) is 59.0 Å². The average Bonchev–Trinajstić information content (AvgIpc) is 3.02. The summed E-state index contributed by atoms with van der Waals surface area (Å²) < 4.78 is 0. The van der Waals surface area contributed by atoms with E-state index in [-0.39, 0.29) is 48.4 Å². The van der Waals surface area contributed by atoms with Crippen LogP contribution in [0.1, 0.15) is 50.7 Å². The van der Waals surface area contributed by atoms with E-state index in [4.69, 9.17) is 0 Å². The fraction of sp³-hybridized carbons (Fsp3) is 0.520. The first-order valence-corrected chi connectivity index (χ1v) is 11.5. The summed E-state index contributed by atoms with van der Waals surface area (Å²) in [6.07, 6.45) is 5.53. The zero-order valence-corrected chi connectivity index (χ0v) is 19.2. The summed E-state index contributed by atoms with van der Waals surface area (Å²) in [6.45, 7) is 6.54. The molecule has 1 aliphatic carbocycles. The minimum absolute atomic E-state index is 0.00602. The Balaban J connectivity index is 1.75. The van der Waals surface area contributed by atoms with Gasteiger partial charge in [0, 0.05) is 26.1 Å². The van der Waals surface area contributed by atoms with Crippen LogP contribution in [0.25, 0.3) is 0 Å². The number of benzene rings is 1. The molecule has 7 heteroatoms. The molecular weight excluding hydrogens is 406 g/mol. The lowest BCUT2D eigenvalue weighted by atomic mass is 9.85. The van der Waals surface area contributed by atoms with Crippen LogP contribution in [0.2, 0.25) is 0 Å². The number of nitrogens with zero attached hydrogens (tertiary/aromatic N) is 2. The van der Waals surface area contributed by atoms with Gasteiger partial charge >= 0.3 is 0 Å². The van der Waals surface area contributed by atoms with Gasteiger partial charge in [-0.05, 0) is 38.7 Å². The molecule has 0 bridgehead atoms. The second-order valence-electron chi connectivity index (χ2n) is 8.56. The highest BCUT2D eigenvalue weighted by Gasteiger charge is 2.47. The number of carbonyl (C=O) groups is 4. The van der Waals surface area contributed by atoms with E-state index in [1.807, 2.05) is 57.2 Å². The normalized spacial score (nSPS) is 20.8. The largest absolute Gasteiger partial charge is 0.355 e. The van der Waals surface area contributed by atoms with E-state index in [2.05, 4.69) is 5.32 Å². The average molecular weight is 440 g/mol. The second kappa shape index (κ2) is 10.6. The van der Waals surface area contributed by atoms with Crippen molar-refractivity contribution in [3.05, 3.63) is 47.5 Å². The van der Waals surface area contributed by atoms with Crippen LogP contribution in [0.5, 0.6) is 0 Å². The quantitative estimate of drug-likeness (QED) is 0.473. The van der Waals surface area contributed by atoms with E-state index in [1.165, 1.54) is 4.90 Å². The van der Waals surface area contributed by atoms with Gasteiger partial charge < -0.3 is 10.2 Å². The van der Waals surface area contributed by atoms with Crippen molar-refractivity contribution >= 4 is 23.6 Å². The molecule has 1 N–H and O–H groups in total. The van der Waals surface area contributed by atoms with Crippen LogP contribution < -0.4 is 5.32 Å². The summed E-state index contributed by atoms with van der Waals surface area (Å²) >= 11 is 0. The number of aryl methyl sites for hydroxylation is 1. The number of imide groups is 1. The molecule has 1 aromatic rings. The molecule has 0 aromatic heterocycles. The molecule has 1 heterocycles. The first-order chi connectivity index (χ1) is 15.4. The molecule has 7 nitrogen and oxygen atoms in total. The summed E-state index contributed by atoms with van der Waals surface area (Å²) in [5.41, 5.74) is 2.01. The lowest BCUT2D eigenvalue weighted by Gasteiger charge is -2.31. The van der Waals surface area contributed by atoms with Crippen molar-refractivity contribution in [2.24, 2.45) is 11.8 Å². The fourth-order valence-electron chi connectivity index (χ4n) is 4.66. The summed E-state index contributed by atoms with van der Waals surface area (Å²) in [5, 5.41) is 2.82. The van der Waals surface area contributed by atoms with Crippen molar-refractivity contribution in [2.75, 3.05) is 13.1 Å². The molecule has 1 saturated heterocycles. The molecule has 4 amide bonds. The van der Waals surface area contributed by atoms with E-state index in [1.54, 1.807) is 4.90 Å². The molecule has 3 atom stereocenters. The van der Waals surface area contributed by atoms with Gasteiger partial charge in [0.2, 0.25) is 23.6 Å². The topological polar surface area (TPSA) is 86.8 Å². The van der Waals surface area contributed by atoms with Gasteiger partial charge in [-0.15, -0.1) is 0 Å². The number of amides is 4. The Bertz CT molecular complexity index is 884. The third-order valence-electron chi connectivity index (χ3n) is 6.32. The molecule has 0 radical (unpaired) electrons. The Morgan fingerprint density at radius 1 is 1.12 bits per heavy atom. The predicted octanol–water partition coefficient (Wildman–Crippen LogP) is 2.58. The second-order valence-corrected chi connectivity index (χ2v) is 8.56. The Labute approximate surface area is 189 Å². The predicted molar refractivity (Wildman–Crippen MR) is 121 cm³/mol. The monoisotopic (exact) mass is 439 g/mol. The maximum Gasteiger partial charge on any atom is 0.242 e. The number of carbonyl (C=O) groups excluding carboxylic acids is 4. The molecule has 3 rings (SSSR count). The third-order valence-corrected chi connectivity index (χ3v) is 6.32. The standard InChI is InChI=1S/C25H33N3O4/c1-4-21(23(30)26-5-2)28(16-18-10-8-9-17(3)15-18)22(29)13-14-27-24(31)19-11-6-7-12-20(19)25(27)32/h6-10,15,19-21H,4-5,11-14,16H2,1-3H3,(H,26,30)/t19-,20+,21-/m1/s1. The zero-order chi connectivity index (χ0) is 23.3. The van der Waals surface area contributed by atoms with Gasteiger partial charge in [-0.25, -0.2) is 0 Å². The molecule has 172 valence electrons. The van der Waals surface area contributed by atoms with Crippen LogP contribution in [0, 0.1) is 18.8 Å². The Kier molecular flexibility index (Phi) is 7.83. The molecular formula is C25H33N3O4. The number of nitrogens with one attached hydrogen (secondary N) is 1. The first-order valence-electron chi connectivity index (χ1n) is 11.5. The smallest absolute Gasteiger partial charge is 0.242 e. The number of hydrogen-bond donors (Lipinski definition) is 1. The minimum atomic E-state index is -0.611. The fourth-order valence-corrected chi connectivity index (χ4v) is 4.66. The van der Waals surface area contributed by atoms with E-state index in [0.717, 1.165) is 11.1 Å². The van der Waals surface area contributed by atoms with Crippen LogP contribution in [0.4, 0.5) is 0 Å². The van der Waals surface area contributed by atoms with Gasteiger partial charge in [-0.2, -0.15) is 0 Å². The van der Waals surface area contributed by atoms with E-state index in [0.29, 0.717) is 32.4 Å². The lowest BCUT2D eigenvalue weighted by Crippen LogP contribution is -2.49. The van der Waals surface area contributed by atoms with Crippen LogP contribution in [0.15, 0.2) is 36.4 Å². The highest BCUT2D eigenvalue weighted by atomic mass is 16.2.